The fourth-order valence-electron chi connectivity index (χ4n) is 8.40. The molecule has 54 heavy (non-hydrogen) atoms. The predicted molar refractivity (Wildman–Crippen MR) is 221 cm³/mol. The van der Waals surface area contributed by atoms with E-state index in [0.717, 1.165) is 82.8 Å². The van der Waals surface area contributed by atoms with Gasteiger partial charge < -0.3 is 9.13 Å². The minimum absolute atomic E-state index is 0.479. The molecule has 0 aliphatic heterocycles. The van der Waals surface area contributed by atoms with Crippen molar-refractivity contribution >= 4 is 43.6 Å². The van der Waals surface area contributed by atoms with Crippen molar-refractivity contribution in [2.75, 3.05) is 0 Å². The lowest BCUT2D eigenvalue weighted by atomic mass is 9.83. The summed E-state index contributed by atoms with van der Waals surface area (Å²) in [5.74, 6) is 0. The molecule has 10 rings (SSSR count). The van der Waals surface area contributed by atoms with E-state index < -0.39 is 0 Å². The number of hydrogen-bond acceptors (Lipinski definition) is 2. The van der Waals surface area contributed by atoms with Crippen LogP contribution in [0.15, 0.2) is 182 Å². The van der Waals surface area contributed by atoms with Gasteiger partial charge in [-0.25, -0.2) is 0 Å². The molecular weight excluding hydrogens is 657 g/mol. The Kier molecular flexibility index (Phi) is 7.22. The molecule has 0 aliphatic rings. The van der Waals surface area contributed by atoms with Gasteiger partial charge >= 0.3 is 0 Å². The maximum absolute atomic E-state index is 11.1. The number of aromatic nitrogens is 2. The highest BCUT2D eigenvalue weighted by Crippen LogP contribution is 2.47. The molecule has 0 saturated carbocycles. The van der Waals surface area contributed by atoms with Crippen LogP contribution in [0.2, 0.25) is 0 Å². The van der Waals surface area contributed by atoms with E-state index in [-0.39, 0.29) is 0 Å². The van der Waals surface area contributed by atoms with E-state index in [1.54, 1.807) is 0 Å². The van der Waals surface area contributed by atoms with Crippen LogP contribution in [-0.2, 0) is 0 Å². The third-order valence-corrected chi connectivity index (χ3v) is 10.6. The number of nitriles is 2. The Morgan fingerprint density at radius 1 is 0.370 bits per heavy atom. The first kappa shape index (κ1) is 31.1. The SMILES string of the molecule is N#Cc1c(-c2ccccc2)cc(-c2cccc3c2c2ccc4c(c5ccccc5n4-c4ccccc4)c2n3-c2ccccc2)c(C#N)c1-c1ccccc1. The molecule has 0 N–H and O–H groups in total. The molecule has 8 aromatic carbocycles. The van der Waals surface area contributed by atoms with E-state index in [0.29, 0.717) is 16.7 Å². The summed E-state index contributed by atoms with van der Waals surface area (Å²) in [5.41, 5.74) is 12.4. The van der Waals surface area contributed by atoms with Crippen LogP contribution in [0.25, 0.3) is 88.4 Å². The van der Waals surface area contributed by atoms with Gasteiger partial charge in [-0.1, -0.05) is 133 Å². The molecule has 0 amide bonds. The first-order valence-electron chi connectivity index (χ1n) is 18.0. The zero-order valence-corrected chi connectivity index (χ0v) is 29.1. The third kappa shape index (κ3) is 4.61. The molecule has 2 aromatic heterocycles. The zero-order valence-electron chi connectivity index (χ0n) is 29.1. The molecule has 2 heterocycles. The molecule has 0 spiro atoms. The van der Waals surface area contributed by atoms with Crippen molar-refractivity contribution in [3.8, 4) is 56.9 Å². The minimum Gasteiger partial charge on any atom is -0.309 e. The second kappa shape index (κ2) is 12.5. The maximum atomic E-state index is 11.1. The van der Waals surface area contributed by atoms with Gasteiger partial charge in [0, 0.05) is 49.6 Å². The van der Waals surface area contributed by atoms with E-state index in [1.165, 1.54) is 0 Å². The van der Waals surface area contributed by atoms with Gasteiger partial charge in [-0.2, -0.15) is 10.5 Å². The first-order valence-corrected chi connectivity index (χ1v) is 18.0. The largest absolute Gasteiger partial charge is 0.309 e. The van der Waals surface area contributed by atoms with Crippen molar-refractivity contribution in [3.05, 3.63) is 193 Å². The summed E-state index contributed by atoms with van der Waals surface area (Å²) in [6.45, 7) is 0. The normalized spacial score (nSPS) is 11.3. The number of rotatable bonds is 5. The van der Waals surface area contributed by atoms with Crippen molar-refractivity contribution < 1.29 is 0 Å². The minimum atomic E-state index is 0.479. The van der Waals surface area contributed by atoms with Crippen LogP contribution in [-0.4, -0.2) is 9.13 Å². The van der Waals surface area contributed by atoms with Crippen LogP contribution >= 0.6 is 0 Å². The molecule has 250 valence electrons. The molecule has 4 heteroatoms. The van der Waals surface area contributed by atoms with Crippen LogP contribution < -0.4 is 0 Å². The van der Waals surface area contributed by atoms with E-state index in [9.17, 15) is 10.5 Å². The van der Waals surface area contributed by atoms with E-state index in [2.05, 4.69) is 137 Å². The van der Waals surface area contributed by atoms with Crippen molar-refractivity contribution in [2.45, 2.75) is 0 Å². The summed E-state index contributed by atoms with van der Waals surface area (Å²) >= 11 is 0. The number of nitrogens with zero attached hydrogens (tertiary/aromatic N) is 4. The highest BCUT2D eigenvalue weighted by molar-refractivity contribution is 6.28. The number of fused-ring (bicyclic) bond motifs is 7. The Morgan fingerprint density at radius 3 is 1.57 bits per heavy atom. The van der Waals surface area contributed by atoms with Crippen molar-refractivity contribution in [1.29, 1.82) is 10.5 Å². The lowest BCUT2D eigenvalue weighted by Gasteiger charge is -2.18. The Hall–Kier alpha value is -7.66. The third-order valence-electron chi connectivity index (χ3n) is 10.6. The molecule has 0 atom stereocenters. The van der Waals surface area contributed by atoms with Crippen LogP contribution in [0.5, 0.6) is 0 Å². The van der Waals surface area contributed by atoms with Crippen LogP contribution in [0.1, 0.15) is 11.1 Å². The average Bonchev–Trinajstić information content (AvgIpc) is 3.77. The zero-order chi connectivity index (χ0) is 36.2. The molecule has 0 fully saturated rings. The Morgan fingerprint density at radius 2 is 0.907 bits per heavy atom. The van der Waals surface area contributed by atoms with Gasteiger partial charge in [0.2, 0.25) is 0 Å². The summed E-state index contributed by atoms with van der Waals surface area (Å²) in [4.78, 5) is 0. The molecule has 0 unspecified atom stereocenters. The number of hydrogen-bond donors (Lipinski definition) is 0. The van der Waals surface area contributed by atoms with Gasteiger partial charge in [-0.15, -0.1) is 0 Å². The maximum Gasteiger partial charge on any atom is 0.100 e. The van der Waals surface area contributed by atoms with E-state index in [1.807, 2.05) is 66.7 Å². The van der Waals surface area contributed by atoms with E-state index in [4.69, 9.17) is 0 Å². The van der Waals surface area contributed by atoms with Gasteiger partial charge in [0.05, 0.1) is 33.2 Å². The molecule has 0 radical (unpaired) electrons. The standard InChI is InChI=1S/C50H30N4/c51-31-42-40(33-16-5-1-6-17-33)30-41(43(32-52)47(42)34-18-7-2-8-19-34)37-25-15-27-45-48(37)39-28-29-46-49(50(39)54(45)36-22-11-4-12-23-36)38-24-13-14-26-44(38)53(46)35-20-9-3-10-21-35/h1-30H. The van der Waals surface area contributed by atoms with Crippen molar-refractivity contribution in [2.24, 2.45) is 0 Å². The smallest absolute Gasteiger partial charge is 0.100 e. The Labute approximate surface area is 312 Å². The summed E-state index contributed by atoms with van der Waals surface area (Å²) in [6, 6.07) is 67.5. The first-order chi connectivity index (χ1) is 26.8. The highest BCUT2D eigenvalue weighted by atomic mass is 15.0. The quantitative estimate of drug-likeness (QED) is 0.181. The second-order valence-electron chi connectivity index (χ2n) is 13.5. The average molecular weight is 687 g/mol. The summed E-state index contributed by atoms with van der Waals surface area (Å²) in [5, 5.41) is 26.3. The molecular formula is C50H30N4. The molecule has 0 bridgehead atoms. The number of benzene rings is 8. The molecule has 0 aliphatic carbocycles. The van der Waals surface area contributed by atoms with Gasteiger partial charge in [-0.05, 0) is 65.2 Å². The molecule has 0 saturated heterocycles. The van der Waals surface area contributed by atoms with Crippen molar-refractivity contribution in [1.82, 2.24) is 9.13 Å². The van der Waals surface area contributed by atoms with Gasteiger partial charge in [0.25, 0.3) is 0 Å². The monoisotopic (exact) mass is 686 g/mol. The second-order valence-corrected chi connectivity index (χ2v) is 13.5. The topological polar surface area (TPSA) is 57.4 Å². The lowest BCUT2D eigenvalue weighted by molar-refractivity contribution is 1.17. The van der Waals surface area contributed by atoms with Gasteiger partial charge in [-0.3, -0.25) is 0 Å². The van der Waals surface area contributed by atoms with Crippen LogP contribution in [0.4, 0.5) is 0 Å². The van der Waals surface area contributed by atoms with Crippen molar-refractivity contribution in [3.63, 3.8) is 0 Å². The molecule has 10 aromatic rings. The van der Waals surface area contributed by atoms with E-state index >= 15 is 0 Å². The fraction of sp³-hybridized carbons (Fsp3) is 0. The number of para-hydroxylation sites is 3. The molecule has 4 nitrogen and oxygen atoms in total. The fourth-order valence-corrected chi connectivity index (χ4v) is 8.40. The van der Waals surface area contributed by atoms with Gasteiger partial charge in [0.1, 0.15) is 12.1 Å². The summed E-state index contributed by atoms with van der Waals surface area (Å²) < 4.78 is 4.73. The van der Waals surface area contributed by atoms with Crippen LogP contribution in [0.3, 0.4) is 0 Å². The van der Waals surface area contributed by atoms with Crippen LogP contribution in [0, 0.1) is 22.7 Å². The predicted octanol–water partition coefficient (Wildman–Crippen LogP) is 12.6. The summed E-state index contributed by atoms with van der Waals surface area (Å²) in [7, 11) is 0. The Bertz CT molecular complexity index is 3140. The van der Waals surface area contributed by atoms with Gasteiger partial charge in [0.15, 0.2) is 0 Å². The lowest BCUT2D eigenvalue weighted by Crippen LogP contribution is -1.98. The highest BCUT2D eigenvalue weighted by Gasteiger charge is 2.26. The Balaban J connectivity index is 1.40. The summed E-state index contributed by atoms with van der Waals surface area (Å²) in [6.07, 6.45) is 0.